The molecule has 2 rings (SSSR count). The Kier molecular flexibility index (Phi) is 1.75. The summed E-state index contributed by atoms with van der Waals surface area (Å²) in [5, 5.41) is 9.08. The Hall–Kier alpha value is -0.680. The molecule has 0 amide bonds. The van der Waals surface area contributed by atoms with E-state index in [0.29, 0.717) is 5.13 Å². The highest BCUT2D eigenvalue weighted by Gasteiger charge is 2.21. The SMILES string of the molecule is Nc1nnc([C@@H]2CCCO2)s1. The second kappa shape index (κ2) is 2.75. The van der Waals surface area contributed by atoms with E-state index in [2.05, 4.69) is 10.2 Å². The molecule has 0 spiro atoms. The maximum atomic E-state index is 5.44. The van der Waals surface area contributed by atoms with Gasteiger partial charge >= 0.3 is 0 Å². The van der Waals surface area contributed by atoms with Gasteiger partial charge in [0.2, 0.25) is 5.13 Å². The lowest BCUT2D eigenvalue weighted by Gasteiger charge is -2.01. The first kappa shape index (κ1) is 7.00. The monoisotopic (exact) mass is 171 g/mol. The summed E-state index contributed by atoms with van der Waals surface area (Å²) in [7, 11) is 0. The van der Waals surface area contributed by atoms with Crippen LogP contribution in [0.4, 0.5) is 5.13 Å². The normalized spacial score (nSPS) is 24.2. The third-order valence-corrected chi connectivity index (χ3v) is 2.51. The number of ether oxygens (including phenoxy) is 1. The summed E-state index contributed by atoms with van der Waals surface area (Å²) in [5.41, 5.74) is 5.44. The fraction of sp³-hybridized carbons (Fsp3) is 0.667. The fourth-order valence-corrected chi connectivity index (χ4v) is 1.84. The average Bonchev–Trinajstić information content (AvgIpc) is 2.55. The minimum Gasteiger partial charge on any atom is -0.374 e. The standard InChI is InChI=1S/C6H9N3OS/c7-6-9-8-5(11-6)4-2-1-3-10-4/h4H,1-3H2,(H2,7,9)/t4-/m0/s1. The lowest BCUT2D eigenvalue weighted by atomic mass is 10.2. The lowest BCUT2D eigenvalue weighted by molar-refractivity contribution is 0.111. The van der Waals surface area contributed by atoms with E-state index in [1.165, 1.54) is 11.3 Å². The molecule has 1 atom stereocenters. The zero-order valence-electron chi connectivity index (χ0n) is 5.99. The maximum Gasteiger partial charge on any atom is 0.203 e. The second-order valence-corrected chi connectivity index (χ2v) is 3.52. The summed E-state index contributed by atoms with van der Waals surface area (Å²) < 4.78 is 5.40. The van der Waals surface area contributed by atoms with Gasteiger partial charge in [-0.05, 0) is 12.8 Å². The molecule has 1 fully saturated rings. The highest BCUT2D eigenvalue weighted by Crippen LogP contribution is 2.30. The van der Waals surface area contributed by atoms with Crippen molar-refractivity contribution in [1.82, 2.24) is 10.2 Å². The Morgan fingerprint density at radius 3 is 3.00 bits per heavy atom. The van der Waals surface area contributed by atoms with E-state index in [4.69, 9.17) is 10.5 Å². The summed E-state index contributed by atoms with van der Waals surface area (Å²) in [6.45, 7) is 0.837. The van der Waals surface area contributed by atoms with Crippen molar-refractivity contribution in [2.75, 3.05) is 12.3 Å². The van der Waals surface area contributed by atoms with Gasteiger partial charge in [-0.3, -0.25) is 0 Å². The largest absolute Gasteiger partial charge is 0.374 e. The highest BCUT2D eigenvalue weighted by molar-refractivity contribution is 7.15. The van der Waals surface area contributed by atoms with E-state index in [1.54, 1.807) is 0 Å². The molecular formula is C6H9N3OS. The average molecular weight is 171 g/mol. The Morgan fingerprint density at radius 1 is 1.55 bits per heavy atom. The number of hydrogen-bond donors (Lipinski definition) is 1. The minimum atomic E-state index is 0.157. The van der Waals surface area contributed by atoms with Crippen molar-refractivity contribution in [2.24, 2.45) is 0 Å². The summed E-state index contributed by atoms with van der Waals surface area (Å²) in [5.74, 6) is 0. The van der Waals surface area contributed by atoms with Crippen LogP contribution in [0.1, 0.15) is 24.0 Å². The summed E-state index contributed by atoms with van der Waals surface area (Å²) >= 11 is 1.42. The molecule has 1 aromatic heterocycles. The molecule has 0 unspecified atom stereocenters. The van der Waals surface area contributed by atoms with Gasteiger partial charge in [-0.25, -0.2) is 0 Å². The summed E-state index contributed by atoms with van der Waals surface area (Å²) in [6.07, 6.45) is 2.32. The molecule has 1 saturated heterocycles. The Bertz CT molecular complexity index is 244. The molecule has 1 aliphatic heterocycles. The number of hydrogen-bond acceptors (Lipinski definition) is 5. The topological polar surface area (TPSA) is 61.0 Å². The van der Waals surface area contributed by atoms with Crippen LogP contribution < -0.4 is 5.73 Å². The molecule has 11 heavy (non-hydrogen) atoms. The Balaban J connectivity index is 2.15. The van der Waals surface area contributed by atoms with Crippen LogP contribution in [-0.4, -0.2) is 16.8 Å². The Morgan fingerprint density at radius 2 is 2.45 bits per heavy atom. The van der Waals surface area contributed by atoms with Crippen LogP contribution in [-0.2, 0) is 4.74 Å². The van der Waals surface area contributed by atoms with Gasteiger partial charge < -0.3 is 10.5 Å². The van der Waals surface area contributed by atoms with Crippen molar-refractivity contribution >= 4 is 16.5 Å². The van der Waals surface area contributed by atoms with Crippen LogP contribution in [0.5, 0.6) is 0 Å². The first-order valence-corrected chi connectivity index (χ1v) is 4.38. The zero-order valence-corrected chi connectivity index (χ0v) is 6.80. The molecule has 0 saturated carbocycles. The van der Waals surface area contributed by atoms with Gasteiger partial charge in [0.25, 0.3) is 0 Å². The second-order valence-electron chi connectivity index (χ2n) is 2.48. The van der Waals surface area contributed by atoms with Crippen molar-refractivity contribution in [3.63, 3.8) is 0 Å². The van der Waals surface area contributed by atoms with Crippen LogP contribution in [0.25, 0.3) is 0 Å². The quantitative estimate of drug-likeness (QED) is 0.684. The first-order chi connectivity index (χ1) is 5.36. The lowest BCUT2D eigenvalue weighted by Crippen LogP contribution is -1.93. The molecule has 0 aliphatic carbocycles. The van der Waals surface area contributed by atoms with Crippen molar-refractivity contribution in [3.05, 3.63) is 5.01 Å². The smallest absolute Gasteiger partial charge is 0.203 e. The molecule has 0 bridgehead atoms. The summed E-state index contributed by atoms with van der Waals surface area (Å²) in [6, 6.07) is 0. The van der Waals surface area contributed by atoms with Crippen LogP contribution in [0, 0.1) is 0 Å². The van der Waals surface area contributed by atoms with Crippen LogP contribution in [0.3, 0.4) is 0 Å². The van der Waals surface area contributed by atoms with E-state index in [-0.39, 0.29) is 6.10 Å². The van der Waals surface area contributed by atoms with Gasteiger partial charge in [0.15, 0.2) is 0 Å². The van der Waals surface area contributed by atoms with E-state index in [9.17, 15) is 0 Å². The van der Waals surface area contributed by atoms with Gasteiger partial charge in [-0.2, -0.15) is 0 Å². The van der Waals surface area contributed by atoms with Crippen LogP contribution in [0.15, 0.2) is 0 Å². The number of rotatable bonds is 1. The fourth-order valence-electron chi connectivity index (χ4n) is 1.15. The van der Waals surface area contributed by atoms with Gasteiger partial charge in [-0.15, -0.1) is 10.2 Å². The molecule has 0 radical (unpaired) electrons. The molecule has 1 aromatic rings. The molecule has 1 aliphatic rings. The molecule has 4 nitrogen and oxygen atoms in total. The van der Waals surface area contributed by atoms with Crippen molar-refractivity contribution in [3.8, 4) is 0 Å². The van der Waals surface area contributed by atoms with E-state index in [0.717, 1.165) is 24.5 Å². The van der Waals surface area contributed by atoms with E-state index >= 15 is 0 Å². The predicted octanol–water partition coefficient (Wildman–Crippen LogP) is 0.972. The van der Waals surface area contributed by atoms with E-state index < -0.39 is 0 Å². The van der Waals surface area contributed by atoms with Crippen molar-refractivity contribution in [1.29, 1.82) is 0 Å². The van der Waals surface area contributed by atoms with Crippen molar-refractivity contribution in [2.45, 2.75) is 18.9 Å². The van der Waals surface area contributed by atoms with Gasteiger partial charge in [0.05, 0.1) is 0 Å². The van der Waals surface area contributed by atoms with Gasteiger partial charge in [-0.1, -0.05) is 11.3 Å². The van der Waals surface area contributed by atoms with Crippen molar-refractivity contribution < 1.29 is 4.74 Å². The Labute approximate surface area is 68.4 Å². The number of nitrogen functional groups attached to an aromatic ring is 1. The highest BCUT2D eigenvalue weighted by atomic mass is 32.1. The number of nitrogens with zero attached hydrogens (tertiary/aromatic N) is 2. The third kappa shape index (κ3) is 1.34. The molecule has 2 N–H and O–H groups in total. The minimum absolute atomic E-state index is 0.157. The first-order valence-electron chi connectivity index (χ1n) is 3.57. The van der Waals surface area contributed by atoms with Gasteiger partial charge in [0, 0.05) is 6.61 Å². The third-order valence-electron chi connectivity index (χ3n) is 1.66. The van der Waals surface area contributed by atoms with Gasteiger partial charge in [0.1, 0.15) is 11.1 Å². The summed E-state index contributed by atoms with van der Waals surface area (Å²) in [4.78, 5) is 0. The molecule has 2 heterocycles. The number of nitrogens with two attached hydrogens (primary N) is 1. The predicted molar refractivity (Wildman–Crippen MR) is 42.2 cm³/mol. The van der Waals surface area contributed by atoms with E-state index in [1.807, 2.05) is 0 Å². The molecule has 60 valence electrons. The number of anilines is 1. The molecule has 5 heteroatoms. The number of aromatic nitrogens is 2. The van der Waals surface area contributed by atoms with Crippen LogP contribution in [0.2, 0.25) is 0 Å². The molecule has 0 aromatic carbocycles. The zero-order chi connectivity index (χ0) is 7.68. The molecular weight excluding hydrogens is 162 g/mol. The maximum absolute atomic E-state index is 5.44. The van der Waals surface area contributed by atoms with Crippen LogP contribution >= 0.6 is 11.3 Å².